The highest BCUT2D eigenvalue weighted by atomic mass is 16.5. The van der Waals surface area contributed by atoms with E-state index in [1.165, 1.54) is 12.1 Å². The first-order chi connectivity index (χ1) is 12.0. The minimum absolute atomic E-state index is 0.00485. The van der Waals surface area contributed by atoms with Crippen molar-refractivity contribution in [2.45, 2.75) is 34.1 Å². The van der Waals surface area contributed by atoms with E-state index in [-0.39, 0.29) is 49.7 Å². The van der Waals surface area contributed by atoms with Gasteiger partial charge in [-0.2, -0.15) is 0 Å². The smallest absolute Gasteiger partial charge is 0.342 e. The number of carbonyl (C=O) groups is 3. The Morgan fingerprint density at radius 1 is 0.800 bits per heavy atom. The van der Waals surface area contributed by atoms with Gasteiger partial charge in [-0.3, -0.25) is 4.79 Å². The van der Waals surface area contributed by atoms with E-state index < -0.39 is 17.9 Å². The molecule has 0 aromatic heterocycles. The third-order valence-corrected chi connectivity index (χ3v) is 3.09. The van der Waals surface area contributed by atoms with E-state index in [9.17, 15) is 14.4 Å². The fourth-order valence-electron chi connectivity index (χ4n) is 2.21. The molecule has 0 heterocycles. The molecule has 0 spiro atoms. The quantitative estimate of drug-likeness (QED) is 0.498. The predicted molar refractivity (Wildman–Crippen MR) is 89.9 cm³/mol. The van der Waals surface area contributed by atoms with Crippen LogP contribution in [0.15, 0.2) is 12.1 Å². The van der Waals surface area contributed by atoms with Crippen molar-refractivity contribution in [1.82, 2.24) is 0 Å². The van der Waals surface area contributed by atoms with E-state index >= 15 is 0 Å². The first kappa shape index (κ1) is 20.5. The molecule has 0 aliphatic rings. The third kappa shape index (κ3) is 5.77. The van der Waals surface area contributed by atoms with Gasteiger partial charge in [-0.25, -0.2) is 9.59 Å². The Kier molecular flexibility index (Phi) is 8.46. The molecule has 1 rings (SSSR count). The summed E-state index contributed by atoms with van der Waals surface area (Å²) < 4.78 is 20.5. The van der Waals surface area contributed by atoms with E-state index in [4.69, 9.17) is 18.9 Å². The van der Waals surface area contributed by atoms with Crippen LogP contribution in [-0.2, 0) is 25.4 Å². The number of benzene rings is 1. The number of carbonyl (C=O) groups excluding carboxylic acids is 3. The zero-order chi connectivity index (χ0) is 18.8. The molecule has 1 aromatic carbocycles. The van der Waals surface area contributed by atoms with Crippen molar-refractivity contribution >= 4 is 17.9 Å². The van der Waals surface area contributed by atoms with Crippen LogP contribution >= 0.6 is 0 Å². The largest absolute Gasteiger partial charge is 0.493 e. The van der Waals surface area contributed by atoms with Gasteiger partial charge < -0.3 is 18.9 Å². The van der Waals surface area contributed by atoms with Crippen molar-refractivity contribution in [3.63, 3.8) is 0 Å². The maximum Gasteiger partial charge on any atom is 0.342 e. The summed E-state index contributed by atoms with van der Waals surface area (Å²) in [5.74, 6) is -1.64. The van der Waals surface area contributed by atoms with Crippen molar-refractivity contribution in [2.24, 2.45) is 0 Å². The van der Waals surface area contributed by atoms with Crippen LogP contribution in [0.25, 0.3) is 0 Å². The molecule has 7 heteroatoms. The lowest BCUT2D eigenvalue weighted by molar-refractivity contribution is -0.142. The predicted octanol–water partition coefficient (Wildman–Crippen LogP) is 2.54. The lowest BCUT2D eigenvalue weighted by Crippen LogP contribution is -2.17. The summed E-state index contributed by atoms with van der Waals surface area (Å²) in [6.07, 6.45) is -0.0522. The van der Waals surface area contributed by atoms with Gasteiger partial charge in [-0.1, -0.05) is 0 Å². The Morgan fingerprint density at radius 2 is 1.40 bits per heavy atom. The number of esters is 3. The van der Waals surface area contributed by atoms with Crippen molar-refractivity contribution in [2.75, 3.05) is 26.4 Å². The highest BCUT2D eigenvalue weighted by Gasteiger charge is 2.26. The molecular formula is C18H24O7. The third-order valence-electron chi connectivity index (χ3n) is 3.09. The standard InChI is InChI=1S/C18H24O7/c1-5-22-14-10-12(11-15(19)23-6-2)9-13(17(20)24-7-3)16(14)18(21)25-8-4/h9-10H,5-8,11H2,1-4H3. The minimum atomic E-state index is -0.684. The SMILES string of the molecule is CCOC(=O)Cc1cc(OCC)c(C(=O)OCC)c(C(=O)OCC)c1. The average Bonchev–Trinajstić information content (AvgIpc) is 2.55. The van der Waals surface area contributed by atoms with Gasteiger partial charge in [0.05, 0.1) is 38.4 Å². The zero-order valence-corrected chi connectivity index (χ0v) is 15.0. The molecule has 0 bridgehead atoms. The second-order valence-corrected chi connectivity index (χ2v) is 4.87. The molecule has 0 fully saturated rings. The van der Waals surface area contributed by atoms with Crippen molar-refractivity contribution < 1.29 is 33.3 Å². The molecule has 0 N–H and O–H groups in total. The van der Waals surface area contributed by atoms with E-state index in [0.29, 0.717) is 5.56 Å². The Labute approximate surface area is 147 Å². The van der Waals surface area contributed by atoms with E-state index in [1.807, 2.05) is 0 Å². The second-order valence-electron chi connectivity index (χ2n) is 4.87. The Bertz CT molecular complexity index is 622. The highest BCUT2D eigenvalue weighted by Crippen LogP contribution is 2.27. The molecule has 0 aliphatic carbocycles. The number of hydrogen-bond donors (Lipinski definition) is 0. The molecule has 0 amide bonds. The van der Waals surface area contributed by atoms with Crippen LogP contribution in [0.4, 0.5) is 0 Å². The molecule has 0 radical (unpaired) electrons. The van der Waals surface area contributed by atoms with E-state index in [1.54, 1.807) is 27.7 Å². The van der Waals surface area contributed by atoms with Crippen LogP contribution in [0.1, 0.15) is 54.0 Å². The van der Waals surface area contributed by atoms with Gasteiger partial charge in [0.25, 0.3) is 0 Å². The normalized spacial score (nSPS) is 10.1. The number of rotatable bonds is 9. The van der Waals surface area contributed by atoms with Crippen molar-refractivity contribution in [3.05, 3.63) is 28.8 Å². The fourth-order valence-corrected chi connectivity index (χ4v) is 2.21. The summed E-state index contributed by atoms with van der Waals surface area (Å²) in [7, 11) is 0. The van der Waals surface area contributed by atoms with E-state index in [0.717, 1.165) is 0 Å². The van der Waals surface area contributed by atoms with Gasteiger partial charge >= 0.3 is 17.9 Å². The lowest BCUT2D eigenvalue weighted by atomic mass is 10.0. The topological polar surface area (TPSA) is 88.1 Å². The maximum atomic E-state index is 12.3. The van der Waals surface area contributed by atoms with Gasteiger partial charge in [-0.05, 0) is 45.4 Å². The molecule has 0 atom stereocenters. The monoisotopic (exact) mass is 352 g/mol. The van der Waals surface area contributed by atoms with Gasteiger partial charge in [0.2, 0.25) is 0 Å². The first-order valence-electron chi connectivity index (χ1n) is 8.27. The van der Waals surface area contributed by atoms with Crippen LogP contribution in [0.5, 0.6) is 5.75 Å². The molecule has 138 valence electrons. The molecule has 25 heavy (non-hydrogen) atoms. The second kappa shape index (κ2) is 10.3. The Balaban J connectivity index is 3.42. The molecule has 0 saturated carbocycles. The minimum Gasteiger partial charge on any atom is -0.493 e. The Hall–Kier alpha value is -2.57. The van der Waals surface area contributed by atoms with E-state index in [2.05, 4.69) is 0 Å². The summed E-state index contributed by atoms with van der Waals surface area (Å²) in [6.45, 7) is 7.60. The van der Waals surface area contributed by atoms with Crippen LogP contribution in [-0.4, -0.2) is 44.3 Å². The lowest BCUT2D eigenvalue weighted by Gasteiger charge is -2.15. The van der Waals surface area contributed by atoms with Gasteiger partial charge in [0.15, 0.2) is 0 Å². The summed E-state index contributed by atoms with van der Waals surface area (Å²) in [4.78, 5) is 36.3. The molecule has 1 aromatic rings. The first-order valence-corrected chi connectivity index (χ1v) is 8.27. The summed E-state index contributed by atoms with van der Waals surface area (Å²) in [5.41, 5.74) is 0.485. The van der Waals surface area contributed by atoms with Crippen LogP contribution in [0.2, 0.25) is 0 Å². The van der Waals surface area contributed by atoms with Crippen molar-refractivity contribution in [3.8, 4) is 5.75 Å². The zero-order valence-electron chi connectivity index (χ0n) is 15.0. The van der Waals surface area contributed by atoms with Gasteiger partial charge in [0.1, 0.15) is 11.3 Å². The van der Waals surface area contributed by atoms with Crippen LogP contribution in [0.3, 0.4) is 0 Å². The summed E-state index contributed by atoms with van der Waals surface area (Å²) in [5, 5.41) is 0. The van der Waals surface area contributed by atoms with Crippen molar-refractivity contribution in [1.29, 1.82) is 0 Å². The molecule has 7 nitrogen and oxygen atoms in total. The maximum absolute atomic E-state index is 12.3. The molecule has 0 unspecified atom stereocenters. The summed E-state index contributed by atoms with van der Waals surface area (Å²) >= 11 is 0. The Morgan fingerprint density at radius 3 is 1.96 bits per heavy atom. The molecule has 0 aliphatic heterocycles. The fraction of sp³-hybridized carbons (Fsp3) is 0.500. The molecule has 0 saturated heterocycles. The van der Waals surface area contributed by atoms with Gasteiger partial charge in [0, 0.05) is 0 Å². The van der Waals surface area contributed by atoms with Crippen LogP contribution in [0, 0.1) is 0 Å². The van der Waals surface area contributed by atoms with Crippen LogP contribution < -0.4 is 4.74 Å². The summed E-state index contributed by atoms with van der Waals surface area (Å²) in [6, 6.07) is 2.97. The number of hydrogen-bond acceptors (Lipinski definition) is 7. The average molecular weight is 352 g/mol. The number of ether oxygens (including phenoxy) is 4. The molecular weight excluding hydrogens is 328 g/mol. The van der Waals surface area contributed by atoms with Gasteiger partial charge in [-0.15, -0.1) is 0 Å². The highest BCUT2D eigenvalue weighted by molar-refractivity contribution is 6.05.